The summed E-state index contributed by atoms with van der Waals surface area (Å²) in [6.07, 6.45) is 5.55. The lowest BCUT2D eigenvalue weighted by Gasteiger charge is -2.25. The van der Waals surface area contributed by atoms with Gasteiger partial charge in [0.2, 0.25) is 0 Å². The second-order valence-electron chi connectivity index (χ2n) is 3.42. The molecule has 1 rings (SSSR count). The van der Waals surface area contributed by atoms with E-state index in [9.17, 15) is 0 Å². The van der Waals surface area contributed by atoms with Crippen LogP contribution in [-0.2, 0) is 0 Å². The van der Waals surface area contributed by atoms with Crippen molar-refractivity contribution < 1.29 is 0 Å². The van der Waals surface area contributed by atoms with Gasteiger partial charge in [-0.2, -0.15) is 0 Å². The molecule has 1 aromatic heterocycles. The van der Waals surface area contributed by atoms with E-state index < -0.39 is 0 Å². The third-order valence-corrected chi connectivity index (χ3v) is 2.60. The minimum absolute atomic E-state index is 0.439. The van der Waals surface area contributed by atoms with E-state index in [1.165, 1.54) is 0 Å². The fraction of sp³-hybridized carbons (Fsp3) is 0.600. The van der Waals surface area contributed by atoms with E-state index in [0.717, 1.165) is 18.7 Å². The maximum atomic E-state index is 5.95. The summed E-state index contributed by atoms with van der Waals surface area (Å²) in [4.78, 5) is 10.3. The van der Waals surface area contributed by atoms with Crippen molar-refractivity contribution in [2.45, 2.75) is 32.7 Å². The molecule has 0 radical (unpaired) electrons. The normalized spacial score (nSPS) is 12.6. The molecule has 3 nitrogen and oxygen atoms in total. The van der Waals surface area contributed by atoms with Crippen LogP contribution >= 0.6 is 11.6 Å². The summed E-state index contributed by atoms with van der Waals surface area (Å²) in [5, 5.41) is 0.470. The third kappa shape index (κ3) is 2.58. The fourth-order valence-electron chi connectivity index (χ4n) is 1.37. The second kappa shape index (κ2) is 5.15. The molecular formula is C10H16ClN3. The Bertz CT molecular complexity index is 290. The van der Waals surface area contributed by atoms with Gasteiger partial charge in [0.15, 0.2) is 11.0 Å². The van der Waals surface area contributed by atoms with E-state index in [2.05, 4.69) is 28.7 Å². The summed E-state index contributed by atoms with van der Waals surface area (Å²) < 4.78 is 0. The van der Waals surface area contributed by atoms with Crippen LogP contribution in [0.15, 0.2) is 12.4 Å². The van der Waals surface area contributed by atoms with Gasteiger partial charge in [-0.25, -0.2) is 9.97 Å². The summed E-state index contributed by atoms with van der Waals surface area (Å²) in [5.41, 5.74) is 0. The lowest BCUT2D eigenvalue weighted by molar-refractivity contribution is 0.610. The summed E-state index contributed by atoms with van der Waals surface area (Å²) >= 11 is 5.95. The molecule has 1 atom stereocenters. The van der Waals surface area contributed by atoms with Crippen LogP contribution < -0.4 is 4.90 Å². The summed E-state index contributed by atoms with van der Waals surface area (Å²) in [6.45, 7) is 4.33. The average molecular weight is 214 g/mol. The molecule has 78 valence electrons. The molecule has 1 aromatic rings. The quantitative estimate of drug-likeness (QED) is 0.770. The predicted molar refractivity (Wildman–Crippen MR) is 59.8 cm³/mol. The van der Waals surface area contributed by atoms with Gasteiger partial charge in [0.05, 0.1) is 0 Å². The van der Waals surface area contributed by atoms with Gasteiger partial charge in [0.1, 0.15) is 0 Å². The lowest BCUT2D eigenvalue weighted by Crippen LogP contribution is -2.29. The molecular weight excluding hydrogens is 198 g/mol. The molecule has 0 aliphatic rings. The molecule has 1 unspecified atom stereocenters. The van der Waals surface area contributed by atoms with Gasteiger partial charge < -0.3 is 4.90 Å². The van der Waals surface area contributed by atoms with Gasteiger partial charge in [-0.3, -0.25) is 0 Å². The van der Waals surface area contributed by atoms with Crippen molar-refractivity contribution in [3.63, 3.8) is 0 Å². The van der Waals surface area contributed by atoms with E-state index in [4.69, 9.17) is 11.6 Å². The van der Waals surface area contributed by atoms with Crippen molar-refractivity contribution >= 4 is 17.4 Å². The van der Waals surface area contributed by atoms with Crippen LogP contribution in [0.1, 0.15) is 26.7 Å². The fourth-order valence-corrected chi connectivity index (χ4v) is 1.61. The van der Waals surface area contributed by atoms with Crippen LogP contribution in [0.5, 0.6) is 0 Å². The molecule has 4 heteroatoms. The zero-order valence-electron chi connectivity index (χ0n) is 8.87. The number of aromatic nitrogens is 2. The standard InChI is InChI=1S/C10H16ClN3/c1-4-5-8(2)14(3)10-9(11)12-6-7-13-10/h6-8H,4-5H2,1-3H3. The third-order valence-electron chi connectivity index (χ3n) is 2.34. The van der Waals surface area contributed by atoms with Gasteiger partial charge in [-0.05, 0) is 13.3 Å². The molecule has 0 amide bonds. The SMILES string of the molecule is CCCC(C)N(C)c1nccnc1Cl. The average Bonchev–Trinajstić information content (AvgIpc) is 2.18. The summed E-state index contributed by atoms with van der Waals surface area (Å²) in [5.74, 6) is 0.759. The van der Waals surface area contributed by atoms with Crippen molar-refractivity contribution in [3.05, 3.63) is 17.5 Å². The second-order valence-corrected chi connectivity index (χ2v) is 3.78. The van der Waals surface area contributed by atoms with Gasteiger partial charge in [0, 0.05) is 25.5 Å². The van der Waals surface area contributed by atoms with Gasteiger partial charge >= 0.3 is 0 Å². The monoisotopic (exact) mass is 213 g/mol. The van der Waals surface area contributed by atoms with Crippen LogP contribution in [0.4, 0.5) is 5.82 Å². The maximum Gasteiger partial charge on any atom is 0.171 e. The molecule has 0 saturated carbocycles. The van der Waals surface area contributed by atoms with Crippen LogP contribution in [-0.4, -0.2) is 23.1 Å². The Hall–Kier alpha value is -0.830. The molecule has 0 spiro atoms. The highest BCUT2D eigenvalue weighted by molar-refractivity contribution is 6.31. The first-order valence-electron chi connectivity index (χ1n) is 4.86. The zero-order chi connectivity index (χ0) is 10.6. The Morgan fingerprint density at radius 2 is 2.07 bits per heavy atom. The molecule has 0 fully saturated rings. The molecule has 0 N–H and O–H groups in total. The van der Waals surface area contributed by atoms with Crippen molar-refractivity contribution in [1.82, 2.24) is 9.97 Å². The Morgan fingerprint density at radius 3 is 2.64 bits per heavy atom. The summed E-state index contributed by atoms with van der Waals surface area (Å²) in [6, 6.07) is 0.439. The van der Waals surface area contributed by atoms with Crippen LogP contribution in [0.25, 0.3) is 0 Å². The lowest BCUT2D eigenvalue weighted by atomic mass is 10.2. The highest BCUT2D eigenvalue weighted by atomic mass is 35.5. The summed E-state index contributed by atoms with van der Waals surface area (Å²) in [7, 11) is 2.00. The first-order chi connectivity index (χ1) is 6.66. The van der Waals surface area contributed by atoms with E-state index in [-0.39, 0.29) is 0 Å². The molecule has 0 aliphatic heterocycles. The van der Waals surface area contributed by atoms with E-state index in [1.807, 2.05) is 7.05 Å². The smallest absolute Gasteiger partial charge is 0.171 e. The molecule has 0 aliphatic carbocycles. The number of nitrogens with zero attached hydrogens (tertiary/aromatic N) is 3. The van der Waals surface area contributed by atoms with Crippen molar-refractivity contribution in [1.29, 1.82) is 0 Å². The Morgan fingerprint density at radius 1 is 1.43 bits per heavy atom. The van der Waals surface area contributed by atoms with Crippen LogP contribution in [0.3, 0.4) is 0 Å². The molecule has 0 aromatic carbocycles. The molecule has 0 bridgehead atoms. The maximum absolute atomic E-state index is 5.95. The topological polar surface area (TPSA) is 29.0 Å². The van der Waals surface area contributed by atoms with Crippen molar-refractivity contribution in [2.75, 3.05) is 11.9 Å². The van der Waals surface area contributed by atoms with Gasteiger partial charge in [-0.15, -0.1) is 0 Å². The number of rotatable bonds is 4. The Labute approximate surface area is 90.1 Å². The Balaban J connectivity index is 2.78. The zero-order valence-corrected chi connectivity index (χ0v) is 9.62. The number of hydrogen-bond donors (Lipinski definition) is 0. The molecule has 14 heavy (non-hydrogen) atoms. The highest BCUT2D eigenvalue weighted by Crippen LogP contribution is 2.21. The van der Waals surface area contributed by atoms with Gasteiger partial charge in [-0.1, -0.05) is 24.9 Å². The van der Waals surface area contributed by atoms with Crippen LogP contribution in [0, 0.1) is 0 Å². The highest BCUT2D eigenvalue weighted by Gasteiger charge is 2.13. The minimum atomic E-state index is 0.439. The van der Waals surface area contributed by atoms with Crippen molar-refractivity contribution in [3.8, 4) is 0 Å². The first kappa shape index (κ1) is 11.2. The van der Waals surface area contributed by atoms with E-state index in [0.29, 0.717) is 11.2 Å². The van der Waals surface area contributed by atoms with Gasteiger partial charge in [0.25, 0.3) is 0 Å². The first-order valence-corrected chi connectivity index (χ1v) is 5.24. The molecule has 1 heterocycles. The predicted octanol–water partition coefficient (Wildman–Crippen LogP) is 2.75. The number of halogens is 1. The molecule has 0 saturated heterocycles. The van der Waals surface area contributed by atoms with E-state index >= 15 is 0 Å². The van der Waals surface area contributed by atoms with E-state index in [1.54, 1.807) is 12.4 Å². The number of anilines is 1. The minimum Gasteiger partial charge on any atom is -0.354 e. The van der Waals surface area contributed by atoms with Crippen molar-refractivity contribution in [2.24, 2.45) is 0 Å². The Kier molecular flexibility index (Phi) is 4.14. The number of hydrogen-bond acceptors (Lipinski definition) is 3. The largest absolute Gasteiger partial charge is 0.354 e. The van der Waals surface area contributed by atoms with Crippen LogP contribution in [0.2, 0.25) is 5.15 Å².